The van der Waals surface area contributed by atoms with E-state index in [4.69, 9.17) is 4.42 Å². The lowest BCUT2D eigenvalue weighted by Gasteiger charge is -2.18. The highest BCUT2D eigenvalue weighted by molar-refractivity contribution is 7.99. The number of carbonyl (C=O) groups is 1. The molecule has 6 nitrogen and oxygen atoms in total. The van der Waals surface area contributed by atoms with Crippen LogP contribution in [0.4, 0.5) is 18.9 Å². The van der Waals surface area contributed by atoms with Crippen LogP contribution < -0.4 is 5.01 Å². The van der Waals surface area contributed by atoms with Crippen LogP contribution in [0.3, 0.4) is 0 Å². The Kier molecular flexibility index (Phi) is 7.66. The van der Waals surface area contributed by atoms with E-state index in [0.29, 0.717) is 11.5 Å². The highest BCUT2D eigenvalue weighted by Gasteiger charge is 2.31. The molecule has 0 atom stereocenters. The molecule has 1 aliphatic carbocycles. The second-order valence-electron chi connectivity index (χ2n) is 7.94. The molecule has 0 N–H and O–H groups in total. The third kappa shape index (κ3) is 6.25. The van der Waals surface area contributed by atoms with E-state index < -0.39 is 17.6 Å². The molecule has 178 valence electrons. The van der Waals surface area contributed by atoms with Gasteiger partial charge in [0.25, 0.3) is 11.1 Å². The molecule has 1 amide bonds. The summed E-state index contributed by atoms with van der Waals surface area (Å²) in [6, 6.07) is 13.5. The fourth-order valence-corrected chi connectivity index (χ4v) is 4.34. The largest absolute Gasteiger partial charge is 0.416 e. The van der Waals surface area contributed by atoms with Crippen molar-refractivity contribution in [3.8, 4) is 0 Å². The zero-order chi connectivity index (χ0) is 24.0. The number of hydrogen-bond donors (Lipinski definition) is 0. The summed E-state index contributed by atoms with van der Waals surface area (Å²) in [6.45, 7) is 0. The number of hydrazone groups is 1. The maximum Gasteiger partial charge on any atom is 0.416 e. The minimum atomic E-state index is -4.54. The van der Waals surface area contributed by atoms with Crippen LogP contribution in [0.2, 0.25) is 0 Å². The van der Waals surface area contributed by atoms with Gasteiger partial charge in [-0.2, -0.15) is 18.3 Å². The maximum atomic E-state index is 13.2. The van der Waals surface area contributed by atoms with Crippen molar-refractivity contribution >= 4 is 29.6 Å². The molecule has 3 aromatic rings. The molecule has 34 heavy (non-hydrogen) atoms. The summed E-state index contributed by atoms with van der Waals surface area (Å²) in [5.74, 6) is 0.165. The van der Waals surface area contributed by atoms with E-state index >= 15 is 0 Å². The molecule has 0 spiro atoms. The molecule has 1 fully saturated rings. The Morgan fingerprint density at radius 1 is 1.09 bits per heavy atom. The normalized spacial score (nSPS) is 15.0. The van der Waals surface area contributed by atoms with Crippen LogP contribution in [0, 0.1) is 0 Å². The second-order valence-corrected chi connectivity index (χ2v) is 8.87. The molecule has 0 bridgehead atoms. The lowest BCUT2D eigenvalue weighted by Crippen LogP contribution is -2.27. The molecule has 0 aliphatic heterocycles. The molecule has 4 rings (SSSR count). The number of halogens is 3. The Morgan fingerprint density at radius 3 is 2.59 bits per heavy atom. The monoisotopic (exact) mass is 488 g/mol. The van der Waals surface area contributed by atoms with Gasteiger partial charge >= 0.3 is 6.18 Å². The number of alkyl halides is 3. The molecule has 10 heteroatoms. The highest BCUT2D eigenvalue weighted by Crippen LogP contribution is 2.34. The third-order valence-electron chi connectivity index (χ3n) is 5.47. The molecule has 1 aliphatic rings. The highest BCUT2D eigenvalue weighted by atomic mass is 32.2. The standard InChI is InChI=1S/C24H23F3N4O2S/c25-24(26,27)19-12-7-13-20(14-19)31(28-15-17-8-3-1-4-9-17)21(32)16-34-23-30-29-22(33-23)18-10-5-2-6-11-18/h1,3-4,7-9,12-15,18H,2,5-6,10-11,16H2/b28-15+. The molecule has 1 heterocycles. The summed E-state index contributed by atoms with van der Waals surface area (Å²) in [5.41, 5.74) is -0.144. The van der Waals surface area contributed by atoms with Crippen molar-refractivity contribution in [3.63, 3.8) is 0 Å². The number of amides is 1. The maximum absolute atomic E-state index is 13.2. The van der Waals surface area contributed by atoms with E-state index in [1.165, 1.54) is 24.8 Å². The summed E-state index contributed by atoms with van der Waals surface area (Å²) >= 11 is 1.04. The average Bonchev–Trinajstić information content (AvgIpc) is 3.33. The first-order chi connectivity index (χ1) is 16.4. The summed E-state index contributed by atoms with van der Waals surface area (Å²) in [7, 11) is 0. The van der Waals surface area contributed by atoms with Crippen molar-refractivity contribution in [2.75, 3.05) is 10.8 Å². The predicted octanol–water partition coefficient (Wildman–Crippen LogP) is 6.30. The van der Waals surface area contributed by atoms with Gasteiger partial charge < -0.3 is 4.42 Å². The number of carbonyl (C=O) groups excluding carboxylic acids is 1. The van der Waals surface area contributed by atoms with Gasteiger partial charge in [0.05, 0.1) is 23.2 Å². The van der Waals surface area contributed by atoms with Gasteiger partial charge in [-0.25, -0.2) is 5.01 Å². The molecule has 1 aromatic heterocycles. The van der Waals surface area contributed by atoms with Crippen LogP contribution in [0.1, 0.15) is 55.0 Å². The number of anilines is 1. The summed E-state index contributed by atoms with van der Waals surface area (Å²) in [5, 5.41) is 13.6. The van der Waals surface area contributed by atoms with Crippen LogP contribution in [0.15, 0.2) is 69.3 Å². The number of rotatable bonds is 7. The Morgan fingerprint density at radius 2 is 1.85 bits per heavy atom. The average molecular weight is 489 g/mol. The van der Waals surface area contributed by atoms with Crippen molar-refractivity contribution < 1.29 is 22.4 Å². The summed E-state index contributed by atoms with van der Waals surface area (Å²) in [6.07, 6.45) is 2.35. The van der Waals surface area contributed by atoms with Crippen molar-refractivity contribution in [2.24, 2.45) is 5.10 Å². The first-order valence-electron chi connectivity index (χ1n) is 11.0. The van der Waals surface area contributed by atoms with Crippen LogP contribution in [-0.4, -0.2) is 28.1 Å². The van der Waals surface area contributed by atoms with Gasteiger partial charge in [0.2, 0.25) is 5.89 Å². The van der Waals surface area contributed by atoms with Gasteiger partial charge in [0.1, 0.15) is 0 Å². The summed E-state index contributed by atoms with van der Waals surface area (Å²) < 4.78 is 45.4. The molecule has 0 unspecified atom stereocenters. The number of hydrogen-bond acceptors (Lipinski definition) is 6. The lowest BCUT2D eigenvalue weighted by atomic mass is 9.89. The van der Waals surface area contributed by atoms with Crippen LogP contribution in [-0.2, 0) is 11.0 Å². The zero-order valence-electron chi connectivity index (χ0n) is 18.2. The second kappa shape index (κ2) is 10.9. The molecule has 1 saturated carbocycles. The zero-order valence-corrected chi connectivity index (χ0v) is 19.1. The SMILES string of the molecule is O=C(CSc1nnc(C2CCCCC2)o1)N(/N=C/c1ccccc1)c1cccc(C(F)(F)F)c1. The number of nitrogens with zero attached hydrogens (tertiary/aromatic N) is 4. The van der Waals surface area contributed by atoms with Crippen molar-refractivity contribution in [1.82, 2.24) is 10.2 Å². The van der Waals surface area contributed by atoms with Crippen LogP contribution in [0.5, 0.6) is 0 Å². The Labute approximate surface area is 199 Å². The van der Waals surface area contributed by atoms with Crippen molar-refractivity contribution in [2.45, 2.75) is 49.4 Å². The van der Waals surface area contributed by atoms with Crippen LogP contribution >= 0.6 is 11.8 Å². The Hall–Kier alpha value is -3.14. The number of thioether (sulfide) groups is 1. The molecular formula is C24H23F3N4O2S. The predicted molar refractivity (Wildman–Crippen MR) is 124 cm³/mol. The van der Waals surface area contributed by atoms with Crippen molar-refractivity contribution in [1.29, 1.82) is 0 Å². The minimum absolute atomic E-state index is 0.0148. The van der Waals surface area contributed by atoms with E-state index in [1.54, 1.807) is 24.3 Å². The lowest BCUT2D eigenvalue weighted by molar-refractivity contribution is -0.137. The molecule has 0 saturated heterocycles. The fourth-order valence-electron chi connectivity index (χ4n) is 3.73. The minimum Gasteiger partial charge on any atom is -0.416 e. The van der Waals surface area contributed by atoms with Gasteiger partial charge in [-0.15, -0.1) is 10.2 Å². The Balaban J connectivity index is 1.51. The topological polar surface area (TPSA) is 71.6 Å². The summed E-state index contributed by atoms with van der Waals surface area (Å²) in [4.78, 5) is 13.0. The number of benzene rings is 2. The van der Waals surface area contributed by atoms with Crippen molar-refractivity contribution in [3.05, 3.63) is 71.6 Å². The van der Waals surface area contributed by atoms with Gasteiger partial charge in [0, 0.05) is 5.92 Å². The molecule has 0 radical (unpaired) electrons. The third-order valence-corrected chi connectivity index (χ3v) is 6.27. The fraction of sp³-hybridized carbons (Fsp3) is 0.333. The number of aromatic nitrogens is 2. The van der Waals surface area contributed by atoms with Crippen LogP contribution in [0.25, 0.3) is 0 Å². The van der Waals surface area contributed by atoms with Gasteiger partial charge in [-0.1, -0.05) is 67.4 Å². The first kappa shape index (κ1) is 24.0. The smallest absolute Gasteiger partial charge is 0.416 e. The quantitative estimate of drug-likeness (QED) is 0.222. The van der Waals surface area contributed by atoms with E-state index in [-0.39, 0.29) is 22.6 Å². The van der Waals surface area contributed by atoms with E-state index in [9.17, 15) is 18.0 Å². The van der Waals surface area contributed by atoms with Gasteiger partial charge in [-0.3, -0.25) is 4.79 Å². The van der Waals surface area contributed by atoms with E-state index in [1.807, 2.05) is 6.07 Å². The van der Waals surface area contributed by atoms with Gasteiger partial charge in [0.15, 0.2) is 0 Å². The first-order valence-corrected chi connectivity index (χ1v) is 11.9. The van der Waals surface area contributed by atoms with E-state index in [0.717, 1.165) is 54.6 Å². The van der Waals surface area contributed by atoms with Gasteiger partial charge in [-0.05, 0) is 36.6 Å². The Bertz CT molecular complexity index is 1130. The molecule has 2 aromatic carbocycles. The molecular weight excluding hydrogens is 465 g/mol. The van der Waals surface area contributed by atoms with E-state index in [2.05, 4.69) is 15.3 Å².